The molecule has 0 unspecified atom stereocenters. The Kier molecular flexibility index (Phi) is 3.35. The first kappa shape index (κ1) is 10.8. The van der Waals surface area contributed by atoms with Crippen LogP contribution in [0, 0.1) is 6.92 Å². The largest absolute Gasteiger partial charge is 0.496 e. The average molecular weight is 259 g/mol. The highest BCUT2D eigenvalue weighted by Crippen LogP contribution is 2.26. The normalized spacial score (nSPS) is 11.5. The number of hydrogen-bond donors (Lipinski definition) is 2. The van der Waals surface area contributed by atoms with Gasteiger partial charge in [0.1, 0.15) is 5.75 Å². The molecule has 0 fully saturated rings. The summed E-state index contributed by atoms with van der Waals surface area (Å²) in [5.74, 6) is 0.624. The topological polar surface area (TPSA) is 67.8 Å². The lowest BCUT2D eigenvalue weighted by Crippen LogP contribution is -2.16. The molecular formula is C9H11BrN2O2. The Hall–Kier alpha value is -1.23. The molecule has 0 amide bonds. The maximum absolute atomic E-state index is 8.60. The summed E-state index contributed by atoms with van der Waals surface area (Å²) in [5, 5.41) is 11.6. The van der Waals surface area contributed by atoms with E-state index in [0.717, 1.165) is 10.0 Å². The Morgan fingerprint density at radius 1 is 1.57 bits per heavy atom. The maximum Gasteiger partial charge on any atom is 0.174 e. The van der Waals surface area contributed by atoms with Crippen molar-refractivity contribution in [1.29, 1.82) is 0 Å². The highest BCUT2D eigenvalue weighted by Gasteiger charge is 2.11. The van der Waals surface area contributed by atoms with Gasteiger partial charge in [-0.2, -0.15) is 0 Å². The van der Waals surface area contributed by atoms with E-state index in [9.17, 15) is 0 Å². The van der Waals surface area contributed by atoms with Crippen LogP contribution in [0.1, 0.15) is 11.1 Å². The van der Waals surface area contributed by atoms with Crippen molar-refractivity contribution in [3.05, 3.63) is 27.7 Å². The summed E-state index contributed by atoms with van der Waals surface area (Å²) < 4.78 is 6.02. The number of rotatable bonds is 2. The zero-order valence-corrected chi connectivity index (χ0v) is 9.50. The number of methoxy groups -OCH3 is 1. The van der Waals surface area contributed by atoms with Gasteiger partial charge in [-0.15, -0.1) is 0 Å². The minimum atomic E-state index is 0.0480. The highest BCUT2D eigenvalue weighted by molar-refractivity contribution is 9.10. The van der Waals surface area contributed by atoms with Crippen molar-refractivity contribution in [2.75, 3.05) is 7.11 Å². The van der Waals surface area contributed by atoms with Gasteiger partial charge < -0.3 is 15.7 Å². The molecule has 14 heavy (non-hydrogen) atoms. The van der Waals surface area contributed by atoms with Crippen molar-refractivity contribution in [3.8, 4) is 5.75 Å². The fourth-order valence-corrected chi connectivity index (χ4v) is 1.80. The summed E-state index contributed by atoms with van der Waals surface area (Å²) in [6, 6.07) is 3.64. The second-order valence-corrected chi connectivity index (χ2v) is 3.70. The minimum Gasteiger partial charge on any atom is -0.496 e. The van der Waals surface area contributed by atoms with Gasteiger partial charge in [-0.1, -0.05) is 21.1 Å². The number of nitrogens with two attached hydrogens (primary N) is 1. The van der Waals surface area contributed by atoms with Crippen LogP contribution >= 0.6 is 15.9 Å². The van der Waals surface area contributed by atoms with Crippen LogP contribution in [0.5, 0.6) is 5.75 Å². The van der Waals surface area contributed by atoms with Crippen LogP contribution in [0.25, 0.3) is 0 Å². The molecule has 1 aromatic carbocycles. The minimum absolute atomic E-state index is 0.0480. The van der Waals surface area contributed by atoms with Crippen LogP contribution in [0.4, 0.5) is 0 Å². The molecule has 4 nitrogen and oxygen atoms in total. The molecule has 0 aliphatic heterocycles. The van der Waals surface area contributed by atoms with Crippen molar-refractivity contribution in [3.63, 3.8) is 0 Å². The quantitative estimate of drug-likeness (QED) is 0.368. The molecule has 0 saturated carbocycles. The van der Waals surface area contributed by atoms with Gasteiger partial charge in [-0.05, 0) is 24.6 Å². The molecular weight excluding hydrogens is 248 g/mol. The lowest BCUT2D eigenvalue weighted by atomic mass is 10.1. The van der Waals surface area contributed by atoms with E-state index in [1.807, 2.05) is 13.0 Å². The lowest BCUT2D eigenvalue weighted by Gasteiger charge is -2.10. The van der Waals surface area contributed by atoms with Gasteiger partial charge in [0.15, 0.2) is 5.84 Å². The van der Waals surface area contributed by atoms with E-state index in [1.165, 1.54) is 7.11 Å². The molecule has 0 aliphatic carbocycles. The number of halogens is 1. The molecule has 5 heteroatoms. The van der Waals surface area contributed by atoms with Gasteiger partial charge in [0.2, 0.25) is 0 Å². The first-order valence-corrected chi connectivity index (χ1v) is 4.71. The Labute approximate surface area is 90.5 Å². The van der Waals surface area contributed by atoms with E-state index in [0.29, 0.717) is 11.3 Å². The predicted molar refractivity (Wildman–Crippen MR) is 57.9 cm³/mol. The molecule has 1 aromatic rings. The molecule has 0 radical (unpaired) electrons. The molecule has 0 spiro atoms. The molecule has 0 saturated heterocycles. The number of ether oxygens (including phenoxy) is 1. The molecule has 0 bridgehead atoms. The monoisotopic (exact) mass is 258 g/mol. The Balaban J connectivity index is 3.40. The third-order valence-corrected chi connectivity index (χ3v) is 2.31. The van der Waals surface area contributed by atoms with E-state index in [-0.39, 0.29) is 5.84 Å². The average Bonchev–Trinajstić information content (AvgIpc) is 2.15. The van der Waals surface area contributed by atoms with Gasteiger partial charge >= 0.3 is 0 Å². The van der Waals surface area contributed by atoms with Gasteiger partial charge in [-0.3, -0.25) is 0 Å². The van der Waals surface area contributed by atoms with E-state index in [1.54, 1.807) is 6.07 Å². The molecule has 0 atom stereocenters. The van der Waals surface area contributed by atoms with Gasteiger partial charge in [0.05, 0.1) is 12.7 Å². The fourth-order valence-electron chi connectivity index (χ4n) is 1.25. The van der Waals surface area contributed by atoms with Crippen LogP contribution in [-0.4, -0.2) is 18.2 Å². The third kappa shape index (κ3) is 1.98. The lowest BCUT2D eigenvalue weighted by molar-refractivity contribution is 0.318. The summed E-state index contributed by atoms with van der Waals surface area (Å²) >= 11 is 3.34. The van der Waals surface area contributed by atoms with Crippen molar-refractivity contribution in [2.24, 2.45) is 10.9 Å². The maximum atomic E-state index is 8.60. The summed E-state index contributed by atoms with van der Waals surface area (Å²) in [6.07, 6.45) is 0. The first-order chi connectivity index (χ1) is 6.60. The van der Waals surface area contributed by atoms with E-state index in [4.69, 9.17) is 15.7 Å². The summed E-state index contributed by atoms with van der Waals surface area (Å²) in [4.78, 5) is 0. The molecule has 0 heterocycles. The standard InChI is InChI=1S/C9H11BrN2O2/c1-5-3-6(10)4-7(14-2)8(5)9(11)12-13/h3-4,13H,1-2H3,(H2,11,12). The second kappa shape index (κ2) is 4.32. The number of benzene rings is 1. The number of hydrogen-bond acceptors (Lipinski definition) is 3. The van der Waals surface area contributed by atoms with Crippen LogP contribution < -0.4 is 10.5 Å². The van der Waals surface area contributed by atoms with Crippen LogP contribution in [0.3, 0.4) is 0 Å². The number of oxime groups is 1. The third-order valence-electron chi connectivity index (χ3n) is 1.85. The van der Waals surface area contributed by atoms with Crippen LogP contribution in [-0.2, 0) is 0 Å². The molecule has 0 aromatic heterocycles. The fraction of sp³-hybridized carbons (Fsp3) is 0.222. The molecule has 76 valence electrons. The van der Waals surface area contributed by atoms with Crippen molar-refractivity contribution in [1.82, 2.24) is 0 Å². The van der Waals surface area contributed by atoms with Gasteiger partial charge in [-0.25, -0.2) is 0 Å². The molecule has 3 N–H and O–H groups in total. The van der Waals surface area contributed by atoms with Crippen molar-refractivity contribution >= 4 is 21.8 Å². The highest BCUT2D eigenvalue weighted by atomic mass is 79.9. The van der Waals surface area contributed by atoms with Crippen molar-refractivity contribution in [2.45, 2.75) is 6.92 Å². The van der Waals surface area contributed by atoms with E-state index < -0.39 is 0 Å². The Morgan fingerprint density at radius 2 is 2.21 bits per heavy atom. The Bertz CT molecular complexity index is 377. The van der Waals surface area contributed by atoms with Gasteiger partial charge in [0.25, 0.3) is 0 Å². The molecule has 0 aliphatic rings. The van der Waals surface area contributed by atoms with Crippen LogP contribution in [0.2, 0.25) is 0 Å². The van der Waals surface area contributed by atoms with Gasteiger partial charge in [0, 0.05) is 4.47 Å². The second-order valence-electron chi connectivity index (χ2n) is 2.79. The molecule has 1 rings (SSSR count). The predicted octanol–water partition coefficient (Wildman–Crippen LogP) is 1.86. The number of amidine groups is 1. The number of aryl methyl sites for hydroxylation is 1. The zero-order chi connectivity index (χ0) is 10.7. The number of nitrogens with zero attached hydrogens (tertiary/aromatic N) is 1. The summed E-state index contributed by atoms with van der Waals surface area (Å²) in [7, 11) is 1.54. The zero-order valence-electron chi connectivity index (χ0n) is 7.91. The van der Waals surface area contributed by atoms with Crippen molar-refractivity contribution < 1.29 is 9.94 Å². The smallest absolute Gasteiger partial charge is 0.174 e. The van der Waals surface area contributed by atoms with E-state index in [2.05, 4.69) is 21.1 Å². The summed E-state index contributed by atoms with van der Waals surface area (Å²) in [5.41, 5.74) is 7.02. The van der Waals surface area contributed by atoms with E-state index >= 15 is 0 Å². The van der Waals surface area contributed by atoms with Crippen LogP contribution in [0.15, 0.2) is 21.8 Å². The SMILES string of the molecule is COc1cc(Br)cc(C)c1/C(N)=N/O. The summed E-state index contributed by atoms with van der Waals surface area (Å²) in [6.45, 7) is 1.86. The first-order valence-electron chi connectivity index (χ1n) is 3.92. The Morgan fingerprint density at radius 3 is 2.71 bits per heavy atom.